The quantitative estimate of drug-likeness (QED) is 0.385. The van der Waals surface area contributed by atoms with Crippen LogP contribution < -0.4 is 5.32 Å². The summed E-state index contributed by atoms with van der Waals surface area (Å²) < 4.78 is 27.8. The lowest BCUT2D eigenvalue weighted by Gasteiger charge is -2.25. The predicted molar refractivity (Wildman–Crippen MR) is 135 cm³/mol. The average Bonchev–Trinajstić information content (AvgIpc) is 3.21. The number of halogens is 1. The molecule has 0 saturated carbocycles. The Hall–Kier alpha value is -2.26. The number of nitrogens with one attached hydrogen (secondary N) is 1. The first-order valence-corrected chi connectivity index (χ1v) is 13.4. The number of benzene rings is 2. The normalized spacial score (nSPS) is 12.0. The Bertz CT molecular complexity index is 1180. The van der Waals surface area contributed by atoms with E-state index in [4.69, 9.17) is 11.6 Å². The third-order valence-electron chi connectivity index (χ3n) is 4.76. The number of rotatable bonds is 9. The van der Waals surface area contributed by atoms with Gasteiger partial charge in [0.2, 0.25) is 10.0 Å². The van der Waals surface area contributed by atoms with Crippen LogP contribution in [0.5, 0.6) is 0 Å². The molecule has 0 radical (unpaired) electrons. The highest BCUT2D eigenvalue weighted by atomic mass is 35.5. The molecule has 0 fully saturated rings. The molecule has 0 aliphatic carbocycles. The number of anilines is 1. The molecule has 33 heavy (non-hydrogen) atoms. The minimum Gasteiger partial charge on any atom is -0.298 e. The third kappa shape index (κ3) is 6.63. The number of sulfonamides is 1. The fourth-order valence-corrected chi connectivity index (χ4v) is 5.87. The van der Waals surface area contributed by atoms with Gasteiger partial charge in [0.05, 0.1) is 10.6 Å². The van der Waals surface area contributed by atoms with Crippen LogP contribution in [0.1, 0.15) is 38.1 Å². The van der Waals surface area contributed by atoms with Crippen LogP contribution in [0.4, 0.5) is 5.13 Å². The summed E-state index contributed by atoms with van der Waals surface area (Å²) in [7, 11) is -3.64. The van der Waals surface area contributed by atoms with Crippen molar-refractivity contribution < 1.29 is 13.2 Å². The lowest BCUT2D eigenvalue weighted by atomic mass is 10.2. The van der Waals surface area contributed by atoms with Crippen LogP contribution in [-0.2, 0) is 10.0 Å². The van der Waals surface area contributed by atoms with E-state index in [0.29, 0.717) is 28.8 Å². The first-order valence-electron chi connectivity index (χ1n) is 10.7. The molecule has 3 aromatic rings. The zero-order valence-corrected chi connectivity index (χ0v) is 21.5. The Kier molecular flexibility index (Phi) is 8.28. The predicted octanol–water partition coefficient (Wildman–Crippen LogP) is 6.02. The maximum absolute atomic E-state index is 13.1. The molecule has 0 unspecified atom stereocenters. The number of aromatic nitrogens is 1. The molecule has 6 nitrogen and oxygen atoms in total. The highest BCUT2D eigenvalue weighted by Gasteiger charge is 2.26. The summed E-state index contributed by atoms with van der Waals surface area (Å²) in [6.45, 7) is 8.87. The third-order valence-corrected chi connectivity index (χ3v) is 7.61. The van der Waals surface area contributed by atoms with Crippen molar-refractivity contribution in [1.82, 2.24) is 9.29 Å². The second-order valence-electron chi connectivity index (χ2n) is 8.63. The van der Waals surface area contributed by atoms with Crippen molar-refractivity contribution in [3.63, 3.8) is 0 Å². The summed E-state index contributed by atoms with van der Waals surface area (Å²) in [6.07, 6.45) is 0. The van der Waals surface area contributed by atoms with Gasteiger partial charge in [0.1, 0.15) is 0 Å². The lowest BCUT2D eigenvalue weighted by Crippen LogP contribution is -2.37. The van der Waals surface area contributed by atoms with E-state index in [2.05, 4.69) is 10.3 Å². The summed E-state index contributed by atoms with van der Waals surface area (Å²) in [5.41, 5.74) is 2.00. The Morgan fingerprint density at radius 1 is 1.00 bits per heavy atom. The summed E-state index contributed by atoms with van der Waals surface area (Å²) in [5.74, 6) is 0.0661. The average molecular weight is 506 g/mol. The Morgan fingerprint density at radius 2 is 1.58 bits per heavy atom. The molecule has 0 saturated heterocycles. The molecule has 0 aliphatic rings. The van der Waals surface area contributed by atoms with E-state index >= 15 is 0 Å². The van der Waals surface area contributed by atoms with Crippen LogP contribution in [0, 0.1) is 11.8 Å². The summed E-state index contributed by atoms with van der Waals surface area (Å²) in [6, 6.07) is 13.3. The number of carbonyl (C=O) groups is 1. The molecule has 9 heteroatoms. The summed E-state index contributed by atoms with van der Waals surface area (Å²) in [5, 5.41) is 5.73. The molecule has 1 amide bonds. The van der Waals surface area contributed by atoms with E-state index in [9.17, 15) is 13.2 Å². The van der Waals surface area contributed by atoms with Crippen molar-refractivity contribution >= 4 is 44.0 Å². The van der Waals surface area contributed by atoms with Crippen LogP contribution in [0.15, 0.2) is 58.8 Å². The standard InChI is InChI=1S/C24H28ClN3O3S2/c1-16(2)13-28(14-17(3)4)33(30,31)21-11-7-19(8-12-21)23(29)27-24-26-22(15-32-24)18-5-9-20(25)10-6-18/h5-12,15-17H,13-14H2,1-4H3,(H,26,27,29). The summed E-state index contributed by atoms with van der Waals surface area (Å²) >= 11 is 7.24. The lowest BCUT2D eigenvalue weighted by molar-refractivity contribution is 0.102. The van der Waals surface area contributed by atoms with Gasteiger partial charge in [-0.25, -0.2) is 13.4 Å². The maximum atomic E-state index is 13.1. The van der Waals surface area contributed by atoms with E-state index in [-0.39, 0.29) is 22.6 Å². The van der Waals surface area contributed by atoms with Crippen LogP contribution in [-0.4, -0.2) is 36.7 Å². The second kappa shape index (κ2) is 10.8. The Balaban J connectivity index is 1.73. The molecular formula is C24H28ClN3O3S2. The van der Waals surface area contributed by atoms with Crippen LogP contribution in [0.25, 0.3) is 11.3 Å². The number of hydrogen-bond donors (Lipinski definition) is 1. The van der Waals surface area contributed by atoms with Gasteiger partial charge < -0.3 is 0 Å². The smallest absolute Gasteiger partial charge is 0.257 e. The van der Waals surface area contributed by atoms with Crippen molar-refractivity contribution in [3.05, 3.63) is 64.5 Å². The minimum absolute atomic E-state index is 0.180. The molecule has 1 N–H and O–H groups in total. The topological polar surface area (TPSA) is 79.4 Å². The molecule has 2 aromatic carbocycles. The monoisotopic (exact) mass is 505 g/mol. The summed E-state index contributed by atoms with van der Waals surface area (Å²) in [4.78, 5) is 17.3. The highest BCUT2D eigenvalue weighted by molar-refractivity contribution is 7.89. The van der Waals surface area contributed by atoms with Gasteiger partial charge in [-0.3, -0.25) is 10.1 Å². The van der Waals surface area contributed by atoms with Gasteiger partial charge in [0.15, 0.2) is 5.13 Å². The van der Waals surface area contributed by atoms with Crippen molar-refractivity contribution in [1.29, 1.82) is 0 Å². The van der Waals surface area contributed by atoms with Crippen LogP contribution >= 0.6 is 22.9 Å². The van der Waals surface area contributed by atoms with E-state index in [0.717, 1.165) is 11.3 Å². The molecule has 176 valence electrons. The van der Waals surface area contributed by atoms with Gasteiger partial charge in [-0.2, -0.15) is 4.31 Å². The second-order valence-corrected chi connectivity index (χ2v) is 11.9. The number of carbonyl (C=O) groups excluding carboxylic acids is 1. The van der Waals surface area contributed by atoms with Gasteiger partial charge in [0.25, 0.3) is 5.91 Å². The fraction of sp³-hybridized carbons (Fsp3) is 0.333. The molecule has 0 atom stereocenters. The van der Waals surface area contributed by atoms with Crippen LogP contribution in [0.3, 0.4) is 0 Å². The van der Waals surface area contributed by atoms with E-state index < -0.39 is 10.0 Å². The molecule has 1 aromatic heterocycles. The minimum atomic E-state index is -3.64. The molecule has 3 rings (SSSR count). The molecule has 1 heterocycles. The maximum Gasteiger partial charge on any atom is 0.257 e. The Morgan fingerprint density at radius 3 is 2.12 bits per heavy atom. The van der Waals surface area contributed by atoms with E-state index in [1.165, 1.54) is 39.9 Å². The highest BCUT2D eigenvalue weighted by Crippen LogP contribution is 2.26. The van der Waals surface area contributed by atoms with Crippen molar-refractivity contribution in [2.75, 3.05) is 18.4 Å². The SMILES string of the molecule is CC(C)CN(CC(C)C)S(=O)(=O)c1ccc(C(=O)Nc2nc(-c3ccc(Cl)cc3)cs2)cc1. The van der Waals surface area contributed by atoms with Crippen molar-refractivity contribution in [2.45, 2.75) is 32.6 Å². The van der Waals surface area contributed by atoms with Gasteiger partial charge in [0, 0.05) is 34.6 Å². The molecular weight excluding hydrogens is 478 g/mol. The molecule has 0 aliphatic heterocycles. The molecule has 0 bridgehead atoms. The van der Waals surface area contributed by atoms with Crippen molar-refractivity contribution in [2.24, 2.45) is 11.8 Å². The van der Waals surface area contributed by atoms with Crippen LogP contribution in [0.2, 0.25) is 5.02 Å². The Labute approximate surface area is 204 Å². The fourth-order valence-electron chi connectivity index (χ4n) is 3.27. The number of thiazole rings is 1. The van der Waals surface area contributed by atoms with Gasteiger partial charge in [-0.15, -0.1) is 11.3 Å². The first kappa shape index (κ1) is 25.4. The zero-order chi connectivity index (χ0) is 24.2. The number of hydrogen-bond acceptors (Lipinski definition) is 5. The number of amides is 1. The van der Waals surface area contributed by atoms with E-state index in [1.807, 2.05) is 45.2 Å². The van der Waals surface area contributed by atoms with Crippen molar-refractivity contribution in [3.8, 4) is 11.3 Å². The molecule has 0 spiro atoms. The van der Waals surface area contributed by atoms with Gasteiger partial charge >= 0.3 is 0 Å². The first-order chi connectivity index (χ1) is 15.6. The zero-order valence-electron chi connectivity index (χ0n) is 19.1. The number of nitrogens with zero attached hydrogens (tertiary/aromatic N) is 2. The van der Waals surface area contributed by atoms with Gasteiger partial charge in [-0.05, 0) is 48.2 Å². The van der Waals surface area contributed by atoms with Gasteiger partial charge in [-0.1, -0.05) is 51.4 Å². The largest absolute Gasteiger partial charge is 0.298 e. The van der Waals surface area contributed by atoms with E-state index in [1.54, 1.807) is 12.1 Å².